The molecule has 0 saturated carbocycles. The van der Waals surface area contributed by atoms with Crippen molar-refractivity contribution in [2.45, 2.75) is 26.4 Å². The number of carbonyl (C=O) groups excluding carboxylic acids is 1. The Morgan fingerprint density at radius 3 is 2.44 bits per heavy atom. The molecule has 0 bridgehead atoms. The van der Waals surface area contributed by atoms with Crippen LogP contribution in [0.1, 0.15) is 25.0 Å². The van der Waals surface area contributed by atoms with Crippen molar-refractivity contribution in [1.29, 1.82) is 5.26 Å². The number of halogens is 1. The predicted molar refractivity (Wildman–Crippen MR) is 101 cm³/mol. The molecule has 0 unspecified atom stereocenters. The van der Waals surface area contributed by atoms with Crippen LogP contribution in [0.3, 0.4) is 0 Å². The van der Waals surface area contributed by atoms with E-state index < -0.39 is 0 Å². The number of methoxy groups -OCH3 is 1. The standard InChI is InChI=1S/C20H22N2O2.ClH/c1-14(2)19(20(23)24-3)22-13-15-9-10-18(17(11-15)12-21)16-7-5-4-6-8-16;/h4-11,14,19,22H,13H2,1-3H3;1H/t19-;/m0./s1. The average molecular weight is 359 g/mol. The molecule has 0 fully saturated rings. The molecule has 0 aromatic heterocycles. The van der Waals surface area contributed by atoms with Crippen molar-refractivity contribution in [3.05, 3.63) is 59.7 Å². The Morgan fingerprint density at radius 1 is 1.20 bits per heavy atom. The molecule has 0 spiro atoms. The second-order valence-electron chi connectivity index (χ2n) is 5.98. The molecule has 5 heteroatoms. The zero-order chi connectivity index (χ0) is 17.5. The van der Waals surface area contributed by atoms with Gasteiger partial charge in [-0.2, -0.15) is 5.26 Å². The smallest absolute Gasteiger partial charge is 0.323 e. The topological polar surface area (TPSA) is 62.1 Å². The summed E-state index contributed by atoms with van der Waals surface area (Å²) in [5, 5.41) is 12.7. The van der Waals surface area contributed by atoms with Crippen molar-refractivity contribution < 1.29 is 9.53 Å². The zero-order valence-electron chi connectivity index (χ0n) is 14.7. The van der Waals surface area contributed by atoms with Gasteiger partial charge in [0.1, 0.15) is 6.04 Å². The molecule has 2 rings (SSSR count). The van der Waals surface area contributed by atoms with E-state index in [-0.39, 0.29) is 30.3 Å². The molecular formula is C20H23ClN2O2. The van der Waals surface area contributed by atoms with Crippen LogP contribution in [0.15, 0.2) is 48.5 Å². The van der Waals surface area contributed by atoms with Crippen molar-refractivity contribution in [2.24, 2.45) is 5.92 Å². The fourth-order valence-corrected chi connectivity index (χ4v) is 2.61. The lowest BCUT2D eigenvalue weighted by molar-refractivity contribution is -0.144. The highest BCUT2D eigenvalue weighted by Gasteiger charge is 2.22. The van der Waals surface area contributed by atoms with Crippen LogP contribution in [0.2, 0.25) is 0 Å². The van der Waals surface area contributed by atoms with Gasteiger partial charge in [0.05, 0.1) is 18.7 Å². The predicted octanol–water partition coefficient (Wildman–Crippen LogP) is 3.93. The van der Waals surface area contributed by atoms with E-state index in [0.717, 1.165) is 16.7 Å². The average Bonchev–Trinajstić information content (AvgIpc) is 2.61. The first kappa shape index (κ1) is 20.7. The Hall–Kier alpha value is -2.35. The molecule has 0 saturated heterocycles. The largest absolute Gasteiger partial charge is 0.468 e. The number of hydrogen-bond acceptors (Lipinski definition) is 4. The van der Waals surface area contributed by atoms with E-state index in [2.05, 4.69) is 11.4 Å². The second kappa shape index (κ2) is 9.83. The van der Waals surface area contributed by atoms with E-state index in [1.54, 1.807) is 0 Å². The number of hydrogen-bond donors (Lipinski definition) is 1. The van der Waals surface area contributed by atoms with Crippen molar-refractivity contribution >= 4 is 18.4 Å². The van der Waals surface area contributed by atoms with Gasteiger partial charge in [-0.15, -0.1) is 12.4 Å². The van der Waals surface area contributed by atoms with Gasteiger partial charge in [0.25, 0.3) is 0 Å². The monoisotopic (exact) mass is 358 g/mol. The minimum Gasteiger partial charge on any atom is -0.468 e. The van der Waals surface area contributed by atoms with Gasteiger partial charge in [0.2, 0.25) is 0 Å². The van der Waals surface area contributed by atoms with Crippen molar-refractivity contribution in [2.75, 3.05) is 7.11 Å². The molecule has 25 heavy (non-hydrogen) atoms. The lowest BCUT2D eigenvalue weighted by Crippen LogP contribution is -2.41. The molecular weight excluding hydrogens is 336 g/mol. The third-order valence-electron chi connectivity index (χ3n) is 3.94. The molecule has 0 radical (unpaired) electrons. The maximum absolute atomic E-state index is 11.8. The van der Waals surface area contributed by atoms with Gasteiger partial charge >= 0.3 is 5.97 Å². The van der Waals surface area contributed by atoms with Crippen LogP contribution < -0.4 is 5.32 Å². The third kappa shape index (κ3) is 5.32. The van der Waals surface area contributed by atoms with E-state index in [1.807, 2.05) is 62.4 Å². The van der Waals surface area contributed by atoms with Crippen LogP contribution in [0, 0.1) is 17.2 Å². The van der Waals surface area contributed by atoms with Gasteiger partial charge in [-0.25, -0.2) is 0 Å². The minimum absolute atomic E-state index is 0. The first-order valence-electron chi connectivity index (χ1n) is 7.96. The van der Waals surface area contributed by atoms with Crippen LogP contribution in [0.5, 0.6) is 0 Å². The van der Waals surface area contributed by atoms with Gasteiger partial charge in [-0.05, 0) is 28.7 Å². The Labute approximate surface area is 155 Å². The molecule has 2 aromatic rings. The van der Waals surface area contributed by atoms with E-state index in [9.17, 15) is 10.1 Å². The first-order chi connectivity index (χ1) is 11.6. The quantitative estimate of drug-likeness (QED) is 0.794. The number of ether oxygens (including phenoxy) is 1. The molecule has 1 N–H and O–H groups in total. The summed E-state index contributed by atoms with van der Waals surface area (Å²) in [4.78, 5) is 11.8. The summed E-state index contributed by atoms with van der Waals surface area (Å²) in [5.41, 5.74) is 3.51. The molecule has 0 heterocycles. The Kier molecular flexibility index (Phi) is 8.13. The number of nitrogens with zero attached hydrogens (tertiary/aromatic N) is 1. The summed E-state index contributed by atoms with van der Waals surface area (Å²) in [6.45, 7) is 4.43. The Morgan fingerprint density at radius 2 is 1.88 bits per heavy atom. The summed E-state index contributed by atoms with van der Waals surface area (Å²) in [5.74, 6) is -0.150. The number of nitriles is 1. The maximum atomic E-state index is 11.8. The Bertz CT molecular complexity index is 739. The summed E-state index contributed by atoms with van der Waals surface area (Å²) < 4.78 is 4.83. The SMILES string of the molecule is COC(=O)[C@@H](NCc1ccc(-c2ccccc2)c(C#N)c1)C(C)C.Cl. The van der Waals surface area contributed by atoms with E-state index in [1.165, 1.54) is 7.11 Å². The fourth-order valence-electron chi connectivity index (χ4n) is 2.61. The number of carbonyl (C=O) groups is 1. The van der Waals surface area contributed by atoms with E-state index in [4.69, 9.17) is 4.74 Å². The van der Waals surface area contributed by atoms with E-state index >= 15 is 0 Å². The molecule has 1 atom stereocenters. The van der Waals surface area contributed by atoms with Crippen LogP contribution in [-0.4, -0.2) is 19.1 Å². The fraction of sp³-hybridized carbons (Fsp3) is 0.300. The molecule has 0 aliphatic heterocycles. The highest BCUT2D eigenvalue weighted by molar-refractivity contribution is 5.85. The normalized spacial score (nSPS) is 11.3. The first-order valence-corrected chi connectivity index (χ1v) is 7.96. The van der Waals surface area contributed by atoms with E-state index in [0.29, 0.717) is 12.1 Å². The zero-order valence-corrected chi connectivity index (χ0v) is 15.5. The van der Waals surface area contributed by atoms with Crippen molar-refractivity contribution in [3.8, 4) is 17.2 Å². The lowest BCUT2D eigenvalue weighted by Gasteiger charge is -2.20. The number of esters is 1. The van der Waals surface area contributed by atoms with Crippen molar-refractivity contribution in [3.63, 3.8) is 0 Å². The highest BCUT2D eigenvalue weighted by atomic mass is 35.5. The summed E-state index contributed by atoms with van der Waals surface area (Å²) in [6.07, 6.45) is 0. The van der Waals surface area contributed by atoms with Gasteiger partial charge in [0, 0.05) is 6.54 Å². The molecule has 0 aliphatic rings. The van der Waals surface area contributed by atoms with Crippen molar-refractivity contribution in [1.82, 2.24) is 5.32 Å². The Balaban J connectivity index is 0.00000312. The number of benzene rings is 2. The van der Waals surface area contributed by atoms with Gasteiger partial charge in [-0.3, -0.25) is 4.79 Å². The maximum Gasteiger partial charge on any atom is 0.323 e. The highest BCUT2D eigenvalue weighted by Crippen LogP contribution is 2.24. The summed E-state index contributed by atoms with van der Waals surface area (Å²) in [7, 11) is 1.39. The third-order valence-corrected chi connectivity index (χ3v) is 3.94. The molecule has 4 nitrogen and oxygen atoms in total. The molecule has 0 amide bonds. The second-order valence-corrected chi connectivity index (χ2v) is 5.98. The van der Waals surface area contributed by atoms with Gasteiger partial charge in [-0.1, -0.05) is 56.3 Å². The summed E-state index contributed by atoms with van der Waals surface area (Å²) >= 11 is 0. The number of rotatable bonds is 6. The molecule has 132 valence electrons. The molecule has 2 aromatic carbocycles. The van der Waals surface area contributed by atoms with Gasteiger partial charge < -0.3 is 10.1 Å². The van der Waals surface area contributed by atoms with Gasteiger partial charge in [0.15, 0.2) is 0 Å². The number of nitrogens with one attached hydrogen (secondary N) is 1. The summed E-state index contributed by atoms with van der Waals surface area (Å²) in [6, 6.07) is 17.5. The van der Waals surface area contributed by atoms with Crippen LogP contribution in [0.25, 0.3) is 11.1 Å². The molecule has 0 aliphatic carbocycles. The minimum atomic E-state index is -0.366. The lowest BCUT2D eigenvalue weighted by atomic mass is 9.98. The van der Waals surface area contributed by atoms with Crippen LogP contribution in [0.4, 0.5) is 0 Å². The van der Waals surface area contributed by atoms with Crippen LogP contribution >= 0.6 is 12.4 Å². The van der Waals surface area contributed by atoms with Crippen LogP contribution in [-0.2, 0) is 16.1 Å².